The van der Waals surface area contributed by atoms with E-state index in [9.17, 15) is 4.39 Å². The van der Waals surface area contributed by atoms with E-state index >= 15 is 0 Å². The third-order valence-corrected chi connectivity index (χ3v) is 3.59. The number of nitrogens with one attached hydrogen (secondary N) is 1. The number of pyridine rings is 1. The predicted molar refractivity (Wildman–Crippen MR) is 72.8 cm³/mol. The lowest BCUT2D eigenvalue weighted by atomic mass is 10.1. The van der Waals surface area contributed by atoms with Gasteiger partial charge in [0.25, 0.3) is 0 Å². The minimum atomic E-state index is -0.273. The number of halogens is 1. The molecule has 0 aliphatic heterocycles. The second kappa shape index (κ2) is 7.67. The first-order valence-electron chi connectivity index (χ1n) is 6.07. The molecule has 0 saturated heterocycles. The van der Waals surface area contributed by atoms with Crippen LogP contribution >= 0.6 is 11.8 Å². The maximum absolute atomic E-state index is 13.0. The molecule has 17 heavy (non-hydrogen) atoms. The van der Waals surface area contributed by atoms with E-state index < -0.39 is 0 Å². The Labute approximate surface area is 107 Å². The third-order valence-electron chi connectivity index (χ3n) is 2.66. The highest BCUT2D eigenvalue weighted by Gasteiger charge is 2.10. The van der Waals surface area contributed by atoms with E-state index in [1.54, 1.807) is 6.20 Å². The standard InChI is InChI=1S/C13H21FN2S/c1-4-17-6-5-10(2)16-11(3)12-7-13(14)9-15-8-12/h7-11,16H,4-6H2,1-3H3. The van der Waals surface area contributed by atoms with Crippen molar-refractivity contribution >= 4 is 11.8 Å². The summed E-state index contributed by atoms with van der Waals surface area (Å²) in [6.45, 7) is 6.38. The maximum atomic E-state index is 13.0. The first kappa shape index (κ1) is 14.5. The van der Waals surface area contributed by atoms with Gasteiger partial charge in [0.1, 0.15) is 5.82 Å². The number of hydrogen-bond donors (Lipinski definition) is 1. The van der Waals surface area contributed by atoms with Crippen molar-refractivity contribution in [3.05, 3.63) is 29.8 Å². The van der Waals surface area contributed by atoms with Crippen molar-refractivity contribution < 1.29 is 4.39 Å². The third kappa shape index (κ3) is 5.50. The molecule has 1 heterocycles. The molecule has 0 saturated carbocycles. The molecule has 0 aromatic carbocycles. The van der Waals surface area contributed by atoms with E-state index in [1.165, 1.54) is 18.0 Å². The van der Waals surface area contributed by atoms with Gasteiger partial charge in [-0.25, -0.2) is 4.39 Å². The Morgan fingerprint density at radius 2 is 2.18 bits per heavy atom. The monoisotopic (exact) mass is 256 g/mol. The van der Waals surface area contributed by atoms with Crippen molar-refractivity contribution in [1.82, 2.24) is 10.3 Å². The molecule has 0 aliphatic rings. The molecule has 2 nitrogen and oxygen atoms in total. The lowest BCUT2D eigenvalue weighted by Crippen LogP contribution is -2.29. The number of nitrogens with zero attached hydrogens (tertiary/aromatic N) is 1. The predicted octanol–water partition coefficient (Wildman–Crippen LogP) is 3.40. The Morgan fingerprint density at radius 1 is 1.41 bits per heavy atom. The average molecular weight is 256 g/mol. The Hall–Kier alpha value is -0.610. The normalized spacial score (nSPS) is 14.6. The minimum absolute atomic E-state index is 0.139. The number of hydrogen-bond acceptors (Lipinski definition) is 3. The zero-order chi connectivity index (χ0) is 12.7. The molecule has 0 aliphatic carbocycles. The van der Waals surface area contributed by atoms with E-state index in [-0.39, 0.29) is 11.9 Å². The quantitative estimate of drug-likeness (QED) is 0.757. The van der Waals surface area contributed by atoms with E-state index in [4.69, 9.17) is 0 Å². The number of rotatable bonds is 7. The smallest absolute Gasteiger partial charge is 0.141 e. The summed E-state index contributed by atoms with van der Waals surface area (Å²) in [6.07, 6.45) is 4.08. The fourth-order valence-electron chi connectivity index (χ4n) is 1.68. The van der Waals surface area contributed by atoms with Crippen LogP contribution in [0.2, 0.25) is 0 Å². The van der Waals surface area contributed by atoms with Crippen molar-refractivity contribution in [2.45, 2.75) is 39.3 Å². The summed E-state index contributed by atoms with van der Waals surface area (Å²) in [5.74, 6) is 2.06. The molecule has 0 bridgehead atoms. The molecule has 1 aromatic rings. The van der Waals surface area contributed by atoms with Crippen LogP contribution in [0.4, 0.5) is 4.39 Å². The summed E-state index contributed by atoms with van der Waals surface area (Å²) in [6, 6.07) is 2.12. The fourth-order valence-corrected chi connectivity index (χ4v) is 2.48. The van der Waals surface area contributed by atoms with Crippen LogP contribution in [0.25, 0.3) is 0 Å². The van der Waals surface area contributed by atoms with E-state index in [2.05, 4.69) is 24.1 Å². The van der Waals surface area contributed by atoms with Gasteiger partial charge in [-0.05, 0) is 43.4 Å². The highest BCUT2D eigenvalue weighted by molar-refractivity contribution is 7.99. The summed E-state index contributed by atoms with van der Waals surface area (Å²) in [5.41, 5.74) is 0.903. The van der Waals surface area contributed by atoms with Crippen LogP contribution in [-0.2, 0) is 0 Å². The zero-order valence-electron chi connectivity index (χ0n) is 10.7. The van der Waals surface area contributed by atoms with Crippen LogP contribution in [-0.4, -0.2) is 22.5 Å². The van der Waals surface area contributed by atoms with Gasteiger partial charge in [0.2, 0.25) is 0 Å². The Balaban J connectivity index is 2.40. The van der Waals surface area contributed by atoms with Crippen molar-refractivity contribution in [2.24, 2.45) is 0 Å². The number of thioether (sulfide) groups is 1. The van der Waals surface area contributed by atoms with Gasteiger partial charge in [0, 0.05) is 18.3 Å². The van der Waals surface area contributed by atoms with Crippen LogP contribution < -0.4 is 5.32 Å². The molecule has 4 heteroatoms. The van der Waals surface area contributed by atoms with Gasteiger partial charge in [0.15, 0.2) is 0 Å². The first-order chi connectivity index (χ1) is 8.13. The largest absolute Gasteiger partial charge is 0.308 e. The Morgan fingerprint density at radius 3 is 2.82 bits per heavy atom. The SMILES string of the molecule is CCSCCC(C)NC(C)c1cncc(F)c1. The van der Waals surface area contributed by atoms with E-state index in [1.807, 2.05) is 18.7 Å². The molecular formula is C13H21FN2S. The maximum Gasteiger partial charge on any atom is 0.141 e. The van der Waals surface area contributed by atoms with Gasteiger partial charge in [-0.2, -0.15) is 11.8 Å². The van der Waals surface area contributed by atoms with E-state index in [0.29, 0.717) is 6.04 Å². The first-order valence-corrected chi connectivity index (χ1v) is 7.23. The summed E-state index contributed by atoms with van der Waals surface area (Å²) in [7, 11) is 0. The van der Waals surface area contributed by atoms with Crippen LogP contribution in [0.3, 0.4) is 0 Å². The van der Waals surface area contributed by atoms with Crippen LogP contribution in [0, 0.1) is 5.82 Å². The lowest BCUT2D eigenvalue weighted by Gasteiger charge is -2.20. The lowest BCUT2D eigenvalue weighted by molar-refractivity contribution is 0.468. The minimum Gasteiger partial charge on any atom is -0.308 e. The van der Waals surface area contributed by atoms with Gasteiger partial charge in [-0.15, -0.1) is 0 Å². The van der Waals surface area contributed by atoms with Crippen LogP contribution in [0.15, 0.2) is 18.5 Å². The summed E-state index contributed by atoms with van der Waals surface area (Å²) < 4.78 is 13.0. The molecule has 96 valence electrons. The highest BCUT2D eigenvalue weighted by atomic mass is 32.2. The van der Waals surface area contributed by atoms with Gasteiger partial charge in [-0.3, -0.25) is 4.98 Å². The fraction of sp³-hybridized carbons (Fsp3) is 0.615. The van der Waals surface area contributed by atoms with E-state index in [0.717, 1.165) is 17.7 Å². The summed E-state index contributed by atoms with van der Waals surface area (Å²) in [5, 5.41) is 3.46. The topological polar surface area (TPSA) is 24.9 Å². The van der Waals surface area contributed by atoms with Gasteiger partial charge in [-0.1, -0.05) is 6.92 Å². The number of aromatic nitrogens is 1. The average Bonchev–Trinajstić information content (AvgIpc) is 2.29. The molecular weight excluding hydrogens is 235 g/mol. The molecule has 0 radical (unpaired) electrons. The van der Waals surface area contributed by atoms with Crippen LogP contribution in [0.5, 0.6) is 0 Å². The molecule has 1 N–H and O–H groups in total. The molecule has 2 atom stereocenters. The van der Waals surface area contributed by atoms with Crippen molar-refractivity contribution in [2.75, 3.05) is 11.5 Å². The van der Waals surface area contributed by atoms with Crippen molar-refractivity contribution in [3.8, 4) is 0 Å². The highest BCUT2D eigenvalue weighted by Crippen LogP contribution is 2.14. The molecule has 0 amide bonds. The van der Waals surface area contributed by atoms with Gasteiger partial charge >= 0.3 is 0 Å². The molecule has 2 unspecified atom stereocenters. The van der Waals surface area contributed by atoms with Crippen molar-refractivity contribution in [1.29, 1.82) is 0 Å². The molecule has 0 spiro atoms. The second-order valence-electron chi connectivity index (χ2n) is 4.21. The van der Waals surface area contributed by atoms with Gasteiger partial charge in [0.05, 0.1) is 6.20 Å². The second-order valence-corrected chi connectivity index (χ2v) is 5.61. The van der Waals surface area contributed by atoms with Crippen LogP contribution in [0.1, 0.15) is 38.8 Å². The molecule has 0 fully saturated rings. The summed E-state index contributed by atoms with van der Waals surface area (Å²) >= 11 is 1.95. The Kier molecular flexibility index (Phi) is 6.52. The van der Waals surface area contributed by atoms with Gasteiger partial charge < -0.3 is 5.32 Å². The molecule has 1 rings (SSSR count). The Bertz CT molecular complexity index is 333. The zero-order valence-corrected chi connectivity index (χ0v) is 11.6. The summed E-state index contributed by atoms with van der Waals surface area (Å²) in [4.78, 5) is 3.87. The van der Waals surface area contributed by atoms with Crippen molar-refractivity contribution in [3.63, 3.8) is 0 Å². The molecule has 1 aromatic heterocycles.